The summed E-state index contributed by atoms with van der Waals surface area (Å²) >= 11 is 0. The molecule has 1 aromatic rings. The smallest absolute Gasteiger partial charge is 0.387 e. The summed E-state index contributed by atoms with van der Waals surface area (Å²) in [5, 5.41) is 0. The predicted molar refractivity (Wildman–Crippen MR) is 68.7 cm³/mol. The standard InChI is InChI=1S/C14H21F2NO/c1-10(2)4-3-5-13(17)11-6-8-12(9-7-11)18-14(15)16/h6-10,13-14H,3-5,17H2,1-2H3. The van der Waals surface area contributed by atoms with E-state index >= 15 is 0 Å². The van der Waals surface area contributed by atoms with Crippen LogP contribution in [0.4, 0.5) is 8.78 Å². The zero-order valence-corrected chi connectivity index (χ0v) is 10.9. The molecule has 18 heavy (non-hydrogen) atoms. The molecule has 0 spiro atoms. The van der Waals surface area contributed by atoms with Crippen LogP contribution in [0.15, 0.2) is 24.3 Å². The van der Waals surface area contributed by atoms with Gasteiger partial charge in [-0.25, -0.2) is 0 Å². The Kier molecular flexibility index (Phi) is 6.05. The molecule has 0 fully saturated rings. The molecule has 0 aliphatic heterocycles. The summed E-state index contributed by atoms with van der Waals surface area (Å²) in [4.78, 5) is 0. The number of nitrogens with two attached hydrogens (primary N) is 1. The van der Waals surface area contributed by atoms with Gasteiger partial charge in [0.25, 0.3) is 0 Å². The predicted octanol–water partition coefficient (Wildman–Crippen LogP) is 4.11. The lowest BCUT2D eigenvalue weighted by Crippen LogP contribution is -2.10. The van der Waals surface area contributed by atoms with E-state index in [1.54, 1.807) is 12.1 Å². The zero-order chi connectivity index (χ0) is 13.5. The molecule has 4 heteroatoms. The molecule has 2 N–H and O–H groups in total. The molecule has 0 radical (unpaired) electrons. The fraction of sp³-hybridized carbons (Fsp3) is 0.571. The van der Waals surface area contributed by atoms with Gasteiger partial charge in [0.05, 0.1) is 0 Å². The van der Waals surface area contributed by atoms with Crippen molar-refractivity contribution in [1.29, 1.82) is 0 Å². The second kappa shape index (κ2) is 7.31. The van der Waals surface area contributed by atoms with Crippen molar-refractivity contribution in [3.05, 3.63) is 29.8 Å². The van der Waals surface area contributed by atoms with Gasteiger partial charge in [-0.15, -0.1) is 0 Å². The molecule has 0 saturated carbocycles. The van der Waals surface area contributed by atoms with E-state index in [1.165, 1.54) is 12.1 Å². The first-order chi connectivity index (χ1) is 8.49. The van der Waals surface area contributed by atoms with Gasteiger partial charge >= 0.3 is 6.61 Å². The molecule has 1 atom stereocenters. The molecule has 1 aromatic carbocycles. The average molecular weight is 257 g/mol. The minimum atomic E-state index is -2.78. The molecule has 0 aliphatic rings. The third kappa shape index (κ3) is 5.45. The van der Waals surface area contributed by atoms with E-state index in [-0.39, 0.29) is 11.8 Å². The second-order valence-corrected chi connectivity index (χ2v) is 4.88. The molecule has 1 unspecified atom stereocenters. The van der Waals surface area contributed by atoms with Crippen LogP contribution < -0.4 is 10.5 Å². The van der Waals surface area contributed by atoms with Crippen LogP contribution in [0, 0.1) is 5.92 Å². The van der Waals surface area contributed by atoms with Gasteiger partial charge in [-0.3, -0.25) is 0 Å². The maximum absolute atomic E-state index is 12.0. The van der Waals surface area contributed by atoms with Crippen molar-refractivity contribution in [2.45, 2.75) is 45.8 Å². The molecule has 102 valence electrons. The summed E-state index contributed by atoms with van der Waals surface area (Å²) in [6.07, 6.45) is 3.14. The topological polar surface area (TPSA) is 35.2 Å². The molecular weight excluding hydrogens is 236 g/mol. The molecule has 2 nitrogen and oxygen atoms in total. The van der Waals surface area contributed by atoms with Crippen molar-refractivity contribution in [3.8, 4) is 5.75 Å². The number of alkyl halides is 2. The summed E-state index contributed by atoms with van der Waals surface area (Å²) in [6.45, 7) is 1.58. The Morgan fingerprint density at radius 2 is 1.72 bits per heavy atom. The van der Waals surface area contributed by atoms with Crippen molar-refractivity contribution in [2.75, 3.05) is 0 Å². The average Bonchev–Trinajstić information content (AvgIpc) is 2.28. The quantitative estimate of drug-likeness (QED) is 0.797. The summed E-state index contributed by atoms with van der Waals surface area (Å²) in [5.74, 6) is 0.849. The molecular formula is C14H21F2NO. The van der Waals surface area contributed by atoms with Crippen LogP contribution in [0.25, 0.3) is 0 Å². The lowest BCUT2D eigenvalue weighted by molar-refractivity contribution is -0.0498. The maximum atomic E-state index is 12.0. The summed E-state index contributed by atoms with van der Waals surface area (Å²) < 4.78 is 28.2. The van der Waals surface area contributed by atoms with Gasteiger partial charge < -0.3 is 10.5 Å². The lowest BCUT2D eigenvalue weighted by Gasteiger charge is -2.13. The molecule has 1 rings (SSSR count). The molecule has 0 aromatic heterocycles. The largest absolute Gasteiger partial charge is 0.435 e. The van der Waals surface area contributed by atoms with Crippen LogP contribution in [0.1, 0.15) is 44.7 Å². The fourth-order valence-corrected chi connectivity index (χ4v) is 1.81. The number of halogens is 2. The number of benzene rings is 1. The minimum Gasteiger partial charge on any atom is -0.435 e. The second-order valence-electron chi connectivity index (χ2n) is 4.88. The van der Waals surface area contributed by atoms with Crippen LogP contribution in [0.3, 0.4) is 0 Å². The highest BCUT2D eigenvalue weighted by Crippen LogP contribution is 2.22. The summed E-state index contributed by atoms with van der Waals surface area (Å²) in [7, 11) is 0. The molecule has 0 amide bonds. The number of rotatable bonds is 7. The van der Waals surface area contributed by atoms with Gasteiger partial charge in [0.1, 0.15) is 5.75 Å². The highest BCUT2D eigenvalue weighted by molar-refractivity contribution is 5.29. The van der Waals surface area contributed by atoms with E-state index in [2.05, 4.69) is 18.6 Å². The van der Waals surface area contributed by atoms with E-state index in [4.69, 9.17) is 5.73 Å². The van der Waals surface area contributed by atoms with Crippen LogP contribution >= 0.6 is 0 Å². The van der Waals surface area contributed by atoms with Gasteiger partial charge in [0, 0.05) is 6.04 Å². The third-order valence-electron chi connectivity index (χ3n) is 2.83. The van der Waals surface area contributed by atoms with E-state index in [1.807, 2.05) is 0 Å². The number of ether oxygens (including phenoxy) is 1. The number of hydrogen-bond donors (Lipinski definition) is 1. The molecule has 0 aliphatic carbocycles. The Hall–Kier alpha value is -1.16. The fourth-order valence-electron chi connectivity index (χ4n) is 1.81. The Morgan fingerprint density at radius 3 is 2.22 bits per heavy atom. The third-order valence-corrected chi connectivity index (χ3v) is 2.83. The van der Waals surface area contributed by atoms with Crippen LogP contribution in [0.2, 0.25) is 0 Å². The Balaban J connectivity index is 2.46. The molecule has 0 bridgehead atoms. The van der Waals surface area contributed by atoms with Crippen LogP contribution in [-0.4, -0.2) is 6.61 Å². The van der Waals surface area contributed by atoms with Gasteiger partial charge in [-0.05, 0) is 30.0 Å². The Morgan fingerprint density at radius 1 is 1.11 bits per heavy atom. The Bertz CT molecular complexity index is 338. The minimum absolute atomic E-state index is 0.0376. The van der Waals surface area contributed by atoms with E-state index in [9.17, 15) is 8.78 Å². The Labute approximate surface area is 107 Å². The van der Waals surface area contributed by atoms with E-state index in [0.717, 1.165) is 24.8 Å². The van der Waals surface area contributed by atoms with Crippen molar-refractivity contribution < 1.29 is 13.5 Å². The first kappa shape index (κ1) is 14.9. The maximum Gasteiger partial charge on any atom is 0.387 e. The van der Waals surface area contributed by atoms with Gasteiger partial charge in [-0.2, -0.15) is 8.78 Å². The van der Waals surface area contributed by atoms with Gasteiger partial charge in [0.15, 0.2) is 0 Å². The molecule has 0 heterocycles. The monoisotopic (exact) mass is 257 g/mol. The highest BCUT2D eigenvalue weighted by atomic mass is 19.3. The van der Waals surface area contributed by atoms with E-state index < -0.39 is 6.61 Å². The van der Waals surface area contributed by atoms with E-state index in [0.29, 0.717) is 5.92 Å². The highest BCUT2D eigenvalue weighted by Gasteiger charge is 2.08. The number of hydrogen-bond acceptors (Lipinski definition) is 2. The normalized spacial score (nSPS) is 13.1. The van der Waals surface area contributed by atoms with Crippen LogP contribution in [-0.2, 0) is 0 Å². The van der Waals surface area contributed by atoms with Crippen LogP contribution in [0.5, 0.6) is 5.75 Å². The SMILES string of the molecule is CC(C)CCCC(N)c1ccc(OC(F)F)cc1. The van der Waals surface area contributed by atoms with Gasteiger partial charge in [-0.1, -0.05) is 38.8 Å². The lowest BCUT2D eigenvalue weighted by atomic mass is 9.99. The first-order valence-electron chi connectivity index (χ1n) is 6.29. The van der Waals surface area contributed by atoms with Crippen molar-refractivity contribution in [1.82, 2.24) is 0 Å². The first-order valence-corrected chi connectivity index (χ1v) is 6.29. The van der Waals surface area contributed by atoms with Gasteiger partial charge in [0.2, 0.25) is 0 Å². The summed E-state index contributed by atoms with van der Waals surface area (Å²) in [5.41, 5.74) is 7.00. The molecule has 0 saturated heterocycles. The van der Waals surface area contributed by atoms with Crippen molar-refractivity contribution in [2.24, 2.45) is 11.7 Å². The van der Waals surface area contributed by atoms with Crippen molar-refractivity contribution >= 4 is 0 Å². The summed E-state index contributed by atoms with van der Waals surface area (Å²) in [6, 6.07) is 6.52. The zero-order valence-electron chi connectivity index (χ0n) is 10.9. The van der Waals surface area contributed by atoms with Crippen molar-refractivity contribution in [3.63, 3.8) is 0 Å².